The van der Waals surface area contributed by atoms with E-state index in [1.54, 1.807) is 0 Å². The molecule has 2 nitrogen and oxygen atoms in total. The van der Waals surface area contributed by atoms with Crippen LogP contribution in [-0.4, -0.2) is 38.1 Å². The molecule has 1 aliphatic rings. The molecule has 2 atom stereocenters. The van der Waals surface area contributed by atoms with Crippen molar-refractivity contribution in [3.63, 3.8) is 0 Å². The summed E-state index contributed by atoms with van der Waals surface area (Å²) in [5.41, 5.74) is 0. The highest BCUT2D eigenvalue weighted by molar-refractivity contribution is 4.76. The van der Waals surface area contributed by atoms with Gasteiger partial charge >= 0.3 is 0 Å². The first-order chi connectivity index (χ1) is 6.76. The Morgan fingerprint density at radius 2 is 2.29 bits per heavy atom. The maximum atomic E-state index is 3.25. The average molecular weight is 198 g/mol. The van der Waals surface area contributed by atoms with Crippen LogP contribution < -0.4 is 5.32 Å². The SMILES string of the molecule is CCCC1CCN(CC(C)CNC)C1. The third kappa shape index (κ3) is 3.97. The molecule has 0 aromatic heterocycles. The molecule has 0 spiro atoms. The van der Waals surface area contributed by atoms with Gasteiger partial charge in [0.2, 0.25) is 0 Å². The predicted molar refractivity (Wildman–Crippen MR) is 62.5 cm³/mol. The molecule has 0 aromatic rings. The van der Waals surface area contributed by atoms with Crippen molar-refractivity contribution in [1.29, 1.82) is 0 Å². The Balaban J connectivity index is 2.15. The van der Waals surface area contributed by atoms with Gasteiger partial charge in [-0.05, 0) is 44.8 Å². The summed E-state index contributed by atoms with van der Waals surface area (Å²) < 4.78 is 0. The van der Waals surface area contributed by atoms with E-state index in [-0.39, 0.29) is 0 Å². The summed E-state index contributed by atoms with van der Waals surface area (Å²) in [6, 6.07) is 0. The summed E-state index contributed by atoms with van der Waals surface area (Å²) in [5, 5.41) is 3.25. The zero-order valence-corrected chi connectivity index (χ0v) is 10.1. The van der Waals surface area contributed by atoms with Crippen LogP contribution in [0.5, 0.6) is 0 Å². The van der Waals surface area contributed by atoms with Gasteiger partial charge in [0.1, 0.15) is 0 Å². The second-order valence-electron chi connectivity index (χ2n) is 4.87. The van der Waals surface area contributed by atoms with Crippen LogP contribution in [0.1, 0.15) is 33.1 Å². The lowest BCUT2D eigenvalue weighted by Gasteiger charge is -2.20. The van der Waals surface area contributed by atoms with Gasteiger partial charge in [-0.1, -0.05) is 20.3 Å². The fourth-order valence-corrected chi connectivity index (χ4v) is 2.58. The minimum atomic E-state index is 0.792. The van der Waals surface area contributed by atoms with E-state index in [0.717, 1.165) is 18.4 Å². The highest BCUT2D eigenvalue weighted by Gasteiger charge is 2.22. The topological polar surface area (TPSA) is 15.3 Å². The van der Waals surface area contributed by atoms with Crippen molar-refractivity contribution >= 4 is 0 Å². The van der Waals surface area contributed by atoms with Crippen LogP contribution in [0, 0.1) is 11.8 Å². The van der Waals surface area contributed by atoms with Crippen molar-refractivity contribution in [2.75, 3.05) is 33.2 Å². The molecular weight excluding hydrogens is 172 g/mol. The Kier molecular flexibility index (Phi) is 5.49. The fourth-order valence-electron chi connectivity index (χ4n) is 2.58. The summed E-state index contributed by atoms with van der Waals surface area (Å²) in [7, 11) is 2.04. The van der Waals surface area contributed by atoms with E-state index in [0.29, 0.717) is 0 Å². The van der Waals surface area contributed by atoms with Crippen molar-refractivity contribution in [1.82, 2.24) is 10.2 Å². The van der Waals surface area contributed by atoms with E-state index >= 15 is 0 Å². The number of hydrogen-bond acceptors (Lipinski definition) is 2. The number of nitrogens with one attached hydrogen (secondary N) is 1. The monoisotopic (exact) mass is 198 g/mol. The molecule has 0 aromatic carbocycles. The van der Waals surface area contributed by atoms with Crippen molar-refractivity contribution in [2.45, 2.75) is 33.1 Å². The Morgan fingerprint density at radius 3 is 2.93 bits per heavy atom. The first kappa shape index (κ1) is 12.0. The van der Waals surface area contributed by atoms with Crippen molar-refractivity contribution in [2.24, 2.45) is 11.8 Å². The zero-order chi connectivity index (χ0) is 10.4. The highest BCUT2D eigenvalue weighted by atomic mass is 15.1. The lowest BCUT2D eigenvalue weighted by Crippen LogP contribution is -2.31. The molecule has 1 rings (SSSR count). The largest absolute Gasteiger partial charge is 0.319 e. The van der Waals surface area contributed by atoms with E-state index in [2.05, 4.69) is 24.1 Å². The molecule has 1 fully saturated rings. The van der Waals surface area contributed by atoms with Crippen LogP contribution >= 0.6 is 0 Å². The molecule has 2 unspecified atom stereocenters. The normalized spacial score (nSPS) is 25.5. The standard InChI is InChI=1S/C12H26N2/c1-4-5-12-6-7-14(10-12)9-11(2)8-13-3/h11-13H,4-10H2,1-3H3. The lowest BCUT2D eigenvalue weighted by molar-refractivity contribution is 0.273. The van der Waals surface area contributed by atoms with Crippen molar-refractivity contribution in [3.05, 3.63) is 0 Å². The van der Waals surface area contributed by atoms with Crippen LogP contribution in [0.4, 0.5) is 0 Å². The smallest absolute Gasteiger partial charge is 0.00193 e. The van der Waals surface area contributed by atoms with Crippen molar-refractivity contribution in [3.8, 4) is 0 Å². The van der Waals surface area contributed by atoms with Gasteiger partial charge in [-0.3, -0.25) is 0 Å². The first-order valence-corrected chi connectivity index (χ1v) is 6.13. The molecule has 0 radical (unpaired) electrons. The summed E-state index contributed by atoms with van der Waals surface area (Å²) in [4.78, 5) is 2.64. The molecule has 1 heterocycles. The minimum absolute atomic E-state index is 0.792. The second-order valence-corrected chi connectivity index (χ2v) is 4.87. The average Bonchev–Trinajstić information content (AvgIpc) is 2.53. The van der Waals surface area contributed by atoms with Gasteiger partial charge in [-0.15, -0.1) is 0 Å². The Hall–Kier alpha value is -0.0800. The van der Waals surface area contributed by atoms with E-state index in [1.807, 2.05) is 7.05 Å². The maximum Gasteiger partial charge on any atom is 0.00193 e. The van der Waals surface area contributed by atoms with Crippen LogP contribution in [-0.2, 0) is 0 Å². The fraction of sp³-hybridized carbons (Fsp3) is 1.00. The summed E-state index contributed by atoms with van der Waals surface area (Å²) in [6.45, 7) is 9.74. The third-order valence-electron chi connectivity index (χ3n) is 3.19. The van der Waals surface area contributed by atoms with Crippen molar-refractivity contribution < 1.29 is 0 Å². The molecule has 14 heavy (non-hydrogen) atoms. The molecule has 1 N–H and O–H groups in total. The molecule has 1 aliphatic heterocycles. The molecule has 0 bridgehead atoms. The van der Waals surface area contributed by atoms with Gasteiger partial charge in [0, 0.05) is 13.1 Å². The van der Waals surface area contributed by atoms with E-state index in [1.165, 1.54) is 38.9 Å². The summed E-state index contributed by atoms with van der Waals surface area (Å²) in [6.07, 6.45) is 4.21. The Bertz CT molecular complexity index is 147. The highest BCUT2D eigenvalue weighted by Crippen LogP contribution is 2.21. The van der Waals surface area contributed by atoms with E-state index < -0.39 is 0 Å². The molecule has 1 saturated heterocycles. The number of hydrogen-bond donors (Lipinski definition) is 1. The quantitative estimate of drug-likeness (QED) is 0.702. The number of nitrogens with zero attached hydrogens (tertiary/aromatic N) is 1. The van der Waals surface area contributed by atoms with Gasteiger partial charge in [0.05, 0.1) is 0 Å². The minimum Gasteiger partial charge on any atom is -0.319 e. The van der Waals surface area contributed by atoms with Crippen LogP contribution in [0.3, 0.4) is 0 Å². The van der Waals surface area contributed by atoms with Crippen LogP contribution in [0.2, 0.25) is 0 Å². The molecule has 84 valence electrons. The second kappa shape index (κ2) is 6.41. The molecule has 2 heteroatoms. The number of rotatable bonds is 6. The number of likely N-dealkylation sites (tertiary alicyclic amines) is 1. The van der Waals surface area contributed by atoms with Crippen LogP contribution in [0.25, 0.3) is 0 Å². The lowest BCUT2D eigenvalue weighted by atomic mass is 10.0. The molecular formula is C12H26N2. The maximum absolute atomic E-state index is 3.25. The third-order valence-corrected chi connectivity index (χ3v) is 3.19. The first-order valence-electron chi connectivity index (χ1n) is 6.13. The Morgan fingerprint density at radius 1 is 1.50 bits per heavy atom. The van der Waals surface area contributed by atoms with E-state index in [9.17, 15) is 0 Å². The predicted octanol–water partition coefficient (Wildman–Crippen LogP) is 1.96. The van der Waals surface area contributed by atoms with E-state index in [4.69, 9.17) is 0 Å². The Labute approximate surface area is 89.1 Å². The zero-order valence-electron chi connectivity index (χ0n) is 10.1. The van der Waals surface area contributed by atoms with Crippen LogP contribution in [0.15, 0.2) is 0 Å². The summed E-state index contributed by atoms with van der Waals surface area (Å²) >= 11 is 0. The van der Waals surface area contributed by atoms with Gasteiger partial charge in [0.15, 0.2) is 0 Å². The molecule has 0 saturated carbocycles. The van der Waals surface area contributed by atoms with Gasteiger partial charge in [-0.2, -0.15) is 0 Å². The van der Waals surface area contributed by atoms with Gasteiger partial charge in [-0.25, -0.2) is 0 Å². The van der Waals surface area contributed by atoms with Gasteiger partial charge < -0.3 is 10.2 Å². The summed E-state index contributed by atoms with van der Waals surface area (Å²) in [5.74, 6) is 1.78. The van der Waals surface area contributed by atoms with Gasteiger partial charge in [0.25, 0.3) is 0 Å². The molecule has 0 amide bonds. The molecule has 0 aliphatic carbocycles.